The van der Waals surface area contributed by atoms with Gasteiger partial charge in [-0.1, -0.05) is 0 Å². The van der Waals surface area contributed by atoms with Crippen molar-refractivity contribution in [1.29, 1.82) is 0 Å². The maximum Gasteiger partial charge on any atom is 0.0620 e. The second kappa shape index (κ2) is 4.99. The van der Waals surface area contributed by atoms with Crippen molar-refractivity contribution in [2.24, 2.45) is 0 Å². The molecule has 0 unspecified atom stereocenters. The Balaban J connectivity index is 2.02. The molecule has 1 atom stereocenters. The van der Waals surface area contributed by atoms with E-state index in [2.05, 4.69) is 11.6 Å². The molecule has 0 amide bonds. The first-order valence-electron chi connectivity index (χ1n) is 3.73. The first-order chi connectivity index (χ1) is 4.93. The molecule has 0 aromatic carbocycles. The molecule has 1 aliphatic heterocycles. The van der Waals surface area contributed by atoms with E-state index < -0.39 is 0 Å². The van der Waals surface area contributed by atoms with E-state index in [4.69, 9.17) is 4.74 Å². The van der Waals surface area contributed by atoms with Gasteiger partial charge in [-0.3, -0.25) is 0 Å². The average molecular weight is 161 g/mol. The number of hydrogen-bond acceptors (Lipinski definition) is 3. The van der Waals surface area contributed by atoms with Gasteiger partial charge in [-0.05, 0) is 18.4 Å². The zero-order chi connectivity index (χ0) is 7.23. The van der Waals surface area contributed by atoms with E-state index in [0.29, 0.717) is 6.04 Å². The van der Waals surface area contributed by atoms with Gasteiger partial charge in [0.1, 0.15) is 0 Å². The summed E-state index contributed by atoms with van der Waals surface area (Å²) < 4.78 is 5.31. The van der Waals surface area contributed by atoms with Crippen molar-refractivity contribution in [2.45, 2.75) is 12.5 Å². The van der Waals surface area contributed by atoms with Gasteiger partial charge in [0.15, 0.2) is 0 Å². The second-order valence-corrected chi connectivity index (χ2v) is 3.49. The number of thioether (sulfide) groups is 1. The molecule has 0 spiro atoms. The van der Waals surface area contributed by atoms with E-state index in [1.54, 1.807) is 0 Å². The van der Waals surface area contributed by atoms with Crippen LogP contribution >= 0.6 is 11.8 Å². The van der Waals surface area contributed by atoms with Crippen LogP contribution in [0.1, 0.15) is 6.42 Å². The lowest BCUT2D eigenvalue weighted by Crippen LogP contribution is -2.41. The summed E-state index contributed by atoms with van der Waals surface area (Å²) in [7, 11) is 0. The lowest BCUT2D eigenvalue weighted by molar-refractivity contribution is 0.0761. The van der Waals surface area contributed by atoms with Crippen LogP contribution in [0.5, 0.6) is 0 Å². The zero-order valence-corrected chi connectivity index (χ0v) is 7.25. The van der Waals surface area contributed by atoms with E-state index in [0.717, 1.165) is 19.8 Å². The lowest BCUT2D eigenvalue weighted by Gasteiger charge is -2.23. The highest BCUT2D eigenvalue weighted by Gasteiger charge is 2.11. The fraction of sp³-hybridized carbons (Fsp3) is 1.00. The predicted molar refractivity (Wildman–Crippen MR) is 45.6 cm³/mol. The third-order valence-electron chi connectivity index (χ3n) is 1.67. The molecule has 60 valence electrons. The van der Waals surface area contributed by atoms with Crippen molar-refractivity contribution in [3.05, 3.63) is 0 Å². The standard InChI is InChI=1S/C7H15NOS/c1-10-5-2-7-6-9-4-3-8-7/h7-8H,2-6H2,1H3/t7-/m0/s1. The number of ether oxygens (including phenoxy) is 1. The normalized spacial score (nSPS) is 26.7. The molecule has 0 aromatic heterocycles. The monoisotopic (exact) mass is 161 g/mol. The largest absolute Gasteiger partial charge is 0.379 e. The molecule has 0 radical (unpaired) electrons. The minimum absolute atomic E-state index is 0.612. The van der Waals surface area contributed by atoms with Crippen LogP contribution in [0.15, 0.2) is 0 Å². The van der Waals surface area contributed by atoms with Crippen molar-refractivity contribution in [1.82, 2.24) is 5.32 Å². The highest BCUT2D eigenvalue weighted by Crippen LogP contribution is 2.03. The van der Waals surface area contributed by atoms with Gasteiger partial charge in [-0.25, -0.2) is 0 Å². The molecule has 3 heteroatoms. The van der Waals surface area contributed by atoms with Crippen molar-refractivity contribution in [3.8, 4) is 0 Å². The van der Waals surface area contributed by atoms with Gasteiger partial charge in [-0.2, -0.15) is 11.8 Å². The molecule has 1 aliphatic rings. The second-order valence-electron chi connectivity index (χ2n) is 2.51. The molecule has 1 fully saturated rings. The molecule has 2 nitrogen and oxygen atoms in total. The molecule has 1 rings (SSSR count). The summed E-state index contributed by atoms with van der Waals surface area (Å²) in [5.74, 6) is 1.24. The van der Waals surface area contributed by atoms with Gasteiger partial charge in [0.25, 0.3) is 0 Å². The quantitative estimate of drug-likeness (QED) is 0.659. The Labute approximate surface area is 66.7 Å². The molecule has 0 saturated carbocycles. The Kier molecular flexibility index (Phi) is 4.18. The zero-order valence-electron chi connectivity index (χ0n) is 6.43. The van der Waals surface area contributed by atoms with Gasteiger partial charge in [0.05, 0.1) is 13.2 Å². The summed E-state index contributed by atoms with van der Waals surface area (Å²) in [5.41, 5.74) is 0. The lowest BCUT2D eigenvalue weighted by atomic mass is 10.2. The van der Waals surface area contributed by atoms with Crippen LogP contribution in [0.3, 0.4) is 0 Å². The maximum atomic E-state index is 5.31. The average Bonchev–Trinajstić information content (AvgIpc) is 2.03. The van der Waals surface area contributed by atoms with E-state index >= 15 is 0 Å². The molecule has 0 aromatic rings. The van der Waals surface area contributed by atoms with Gasteiger partial charge >= 0.3 is 0 Å². The Morgan fingerprint density at radius 1 is 1.70 bits per heavy atom. The fourth-order valence-electron chi connectivity index (χ4n) is 1.07. The summed E-state index contributed by atoms with van der Waals surface area (Å²) in [6.07, 6.45) is 3.38. The number of nitrogens with one attached hydrogen (secondary N) is 1. The summed E-state index contributed by atoms with van der Waals surface area (Å²) in [4.78, 5) is 0. The van der Waals surface area contributed by atoms with Crippen molar-refractivity contribution >= 4 is 11.8 Å². The van der Waals surface area contributed by atoms with Gasteiger partial charge in [0.2, 0.25) is 0 Å². The first kappa shape index (κ1) is 8.37. The number of hydrogen-bond donors (Lipinski definition) is 1. The van der Waals surface area contributed by atoms with Crippen LogP contribution in [0.4, 0.5) is 0 Å². The summed E-state index contributed by atoms with van der Waals surface area (Å²) in [6.45, 7) is 2.81. The highest BCUT2D eigenvalue weighted by atomic mass is 32.2. The molecular weight excluding hydrogens is 146 g/mol. The summed E-state index contributed by atoms with van der Waals surface area (Å²) >= 11 is 1.90. The van der Waals surface area contributed by atoms with Crippen LogP contribution < -0.4 is 5.32 Å². The fourth-order valence-corrected chi connectivity index (χ4v) is 1.59. The van der Waals surface area contributed by atoms with E-state index in [1.165, 1.54) is 12.2 Å². The molecule has 1 heterocycles. The van der Waals surface area contributed by atoms with Crippen LogP contribution in [0, 0.1) is 0 Å². The summed E-state index contributed by atoms with van der Waals surface area (Å²) in [5, 5.41) is 3.42. The number of rotatable bonds is 3. The SMILES string of the molecule is CSCC[C@H]1COCCN1. The highest BCUT2D eigenvalue weighted by molar-refractivity contribution is 7.98. The molecule has 1 N–H and O–H groups in total. The Hall–Kier alpha value is 0.270. The number of morpholine rings is 1. The summed E-state index contributed by atoms with van der Waals surface area (Å²) in [6, 6.07) is 0.612. The minimum atomic E-state index is 0.612. The molecule has 10 heavy (non-hydrogen) atoms. The Morgan fingerprint density at radius 2 is 2.60 bits per heavy atom. The van der Waals surface area contributed by atoms with Crippen molar-refractivity contribution in [2.75, 3.05) is 31.8 Å². The van der Waals surface area contributed by atoms with E-state index in [9.17, 15) is 0 Å². The van der Waals surface area contributed by atoms with Crippen molar-refractivity contribution in [3.63, 3.8) is 0 Å². The van der Waals surface area contributed by atoms with E-state index in [1.807, 2.05) is 11.8 Å². The van der Waals surface area contributed by atoms with Crippen LogP contribution in [-0.4, -0.2) is 37.8 Å². The molecule has 1 saturated heterocycles. The minimum Gasteiger partial charge on any atom is -0.379 e. The van der Waals surface area contributed by atoms with Crippen LogP contribution in [-0.2, 0) is 4.74 Å². The third-order valence-corrected chi connectivity index (χ3v) is 2.31. The molecule has 0 aliphatic carbocycles. The predicted octanol–water partition coefficient (Wildman–Crippen LogP) is 0.728. The van der Waals surface area contributed by atoms with Gasteiger partial charge in [0, 0.05) is 12.6 Å². The first-order valence-corrected chi connectivity index (χ1v) is 5.13. The van der Waals surface area contributed by atoms with E-state index in [-0.39, 0.29) is 0 Å². The van der Waals surface area contributed by atoms with Crippen LogP contribution in [0.2, 0.25) is 0 Å². The van der Waals surface area contributed by atoms with Gasteiger partial charge < -0.3 is 10.1 Å². The topological polar surface area (TPSA) is 21.3 Å². The van der Waals surface area contributed by atoms with Crippen LogP contribution in [0.25, 0.3) is 0 Å². The van der Waals surface area contributed by atoms with Crippen molar-refractivity contribution < 1.29 is 4.74 Å². The van der Waals surface area contributed by atoms with Gasteiger partial charge in [-0.15, -0.1) is 0 Å². The smallest absolute Gasteiger partial charge is 0.0620 e. The molecule has 0 bridgehead atoms. The Morgan fingerprint density at radius 3 is 3.20 bits per heavy atom. The third kappa shape index (κ3) is 2.90. The molecular formula is C7H15NOS. The maximum absolute atomic E-state index is 5.31. The Bertz CT molecular complexity index is 83.7.